The first-order valence-electron chi connectivity index (χ1n) is 10.5. The van der Waals surface area contributed by atoms with Crippen LogP contribution in [0.15, 0.2) is 34.8 Å². The van der Waals surface area contributed by atoms with Gasteiger partial charge in [-0.15, -0.1) is 0 Å². The Morgan fingerprint density at radius 1 is 1.27 bits per heavy atom. The van der Waals surface area contributed by atoms with Gasteiger partial charge in [0.05, 0.1) is 16.1 Å². The molecule has 4 nitrogen and oxygen atoms in total. The molecule has 1 saturated heterocycles. The second-order valence-electron chi connectivity index (χ2n) is 7.38. The number of halogens is 3. The molecule has 0 amide bonds. The SMILES string of the molecule is CCOc1cc(CNCC2CCCN2CC)cc(Br)c1OCc1c(F)cccc1Cl. The van der Waals surface area contributed by atoms with Crippen molar-refractivity contribution in [3.8, 4) is 11.5 Å². The molecule has 30 heavy (non-hydrogen) atoms. The van der Waals surface area contributed by atoms with Crippen LogP contribution in [-0.4, -0.2) is 37.2 Å². The number of benzene rings is 2. The summed E-state index contributed by atoms with van der Waals surface area (Å²) in [5.74, 6) is 0.797. The van der Waals surface area contributed by atoms with E-state index in [1.54, 1.807) is 12.1 Å². The minimum absolute atomic E-state index is 0.0241. The average Bonchev–Trinajstić information content (AvgIpc) is 3.17. The first-order chi connectivity index (χ1) is 14.5. The largest absolute Gasteiger partial charge is 0.490 e. The molecule has 2 aromatic carbocycles. The lowest BCUT2D eigenvalue weighted by Crippen LogP contribution is -2.37. The van der Waals surface area contributed by atoms with E-state index in [9.17, 15) is 4.39 Å². The Kier molecular flexibility index (Phi) is 8.81. The van der Waals surface area contributed by atoms with Crippen LogP contribution in [0.1, 0.15) is 37.8 Å². The Morgan fingerprint density at radius 2 is 2.10 bits per heavy atom. The smallest absolute Gasteiger partial charge is 0.175 e. The number of likely N-dealkylation sites (N-methyl/N-ethyl adjacent to an activating group) is 1. The van der Waals surface area contributed by atoms with Crippen LogP contribution in [-0.2, 0) is 13.2 Å². The molecule has 1 atom stereocenters. The number of likely N-dealkylation sites (tertiary alicyclic amines) is 1. The molecule has 1 aliphatic heterocycles. The summed E-state index contributed by atoms with van der Waals surface area (Å²) in [7, 11) is 0. The Balaban J connectivity index is 1.67. The third-order valence-electron chi connectivity index (χ3n) is 5.41. The summed E-state index contributed by atoms with van der Waals surface area (Å²) < 4.78 is 26.6. The van der Waals surface area contributed by atoms with E-state index < -0.39 is 0 Å². The van der Waals surface area contributed by atoms with E-state index in [2.05, 4.69) is 33.1 Å². The molecule has 164 valence electrons. The molecule has 0 spiro atoms. The summed E-state index contributed by atoms with van der Waals surface area (Å²) >= 11 is 9.71. The van der Waals surface area contributed by atoms with E-state index in [4.69, 9.17) is 21.1 Å². The normalized spacial score (nSPS) is 16.8. The fourth-order valence-electron chi connectivity index (χ4n) is 3.87. The number of ether oxygens (including phenoxy) is 2. The van der Waals surface area contributed by atoms with Crippen LogP contribution in [0.25, 0.3) is 0 Å². The molecule has 3 rings (SSSR count). The Bertz CT molecular complexity index is 832. The summed E-state index contributed by atoms with van der Waals surface area (Å²) in [4.78, 5) is 2.53. The van der Waals surface area contributed by atoms with Crippen LogP contribution in [0.5, 0.6) is 11.5 Å². The summed E-state index contributed by atoms with van der Waals surface area (Å²) in [6.07, 6.45) is 2.53. The van der Waals surface area contributed by atoms with Gasteiger partial charge < -0.3 is 14.8 Å². The molecule has 0 saturated carbocycles. The van der Waals surface area contributed by atoms with Crippen molar-refractivity contribution >= 4 is 27.5 Å². The van der Waals surface area contributed by atoms with Gasteiger partial charge in [-0.3, -0.25) is 4.90 Å². The van der Waals surface area contributed by atoms with E-state index in [1.807, 2.05) is 19.1 Å². The van der Waals surface area contributed by atoms with Crippen LogP contribution in [0, 0.1) is 5.82 Å². The standard InChI is InChI=1S/C23H29BrClFN2O2/c1-3-28-10-6-7-17(28)14-27-13-16-11-19(24)23(22(12-16)29-4-2)30-15-18-20(25)8-5-9-21(18)26/h5,8-9,11-12,17,27H,3-4,6-7,10,13-15H2,1-2H3. The number of rotatable bonds is 10. The van der Waals surface area contributed by atoms with Gasteiger partial charge in [-0.1, -0.05) is 24.6 Å². The van der Waals surface area contributed by atoms with Gasteiger partial charge in [-0.25, -0.2) is 4.39 Å². The van der Waals surface area contributed by atoms with Crippen LogP contribution in [0.3, 0.4) is 0 Å². The van der Waals surface area contributed by atoms with E-state index in [0.717, 1.165) is 29.7 Å². The highest BCUT2D eigenvalue weighted by Gasteiger charge is 2.22. The molecule has 1 fully saturated rings. The van der Waals surface area contributed by atoms with Crippen molar-refractivity contribution in [1.82, 2.24) is 10.2 Å². The molecular formula is C23H29BrClFN2O2. The summed E-state index contributed by atoms with van der Waals surface area (Å²) in [6, 6.07) is 9.21. The van der Waals surface area contributed by atoms with Gasteiger partial charge in [0, 0.05) is 24.7 Å². The molecular weight excluding hydrogens is 471 g/mol. The lowest BCUT2D eigenvalue weighted by atomic mass is 10.1. The van der Waals surface area contributed by atoms with Gasteiger partial charge in [0.1, 0.15) is 12.4 Å². The van der Waals surface area contributed by atoms with Crippen molar-refractivity contribution < 1.29 is 13.9 Å². The predicted octanol–water partition coefficient (Wildman–Crippen LogP) is 5.79. The molecule has 2 aromatic rings. The molecule has 1 unspecified atom stereocenters. The Labute approximate surface area is 191 Å². The maximum absolute atomic E-state index is 14.1. The zero-order chi connectivity index (χ0) is 21.5. The van der Waals surface area contributed by atoms with Crippen LogP contribution < -0.4 is 14.8 Å². The summed E-state index contributed by atoms with van der Waals surface area (Å²) in [5, 5.41) is 3.92. The zero-order valence-corrected chi connectivity index (χ0v) is 19.9. The van der Waals surface area contributed by atoms with Crippen molar-refractivity contribution in [2.75, 3.05) is 26.2 Å². The third kappa shape index (κ3) is 5.88. The van der Waals surface area contributed by atoms with Gasteiger partial charge in [0.15, 0.2) is 11.5 Å². The van der Waals surface area contributed by atoms with Gasteiger partial charge in [0.25, 0.3) is 0 Å². The van der Waals surface area contributed by atoms with Crippen molar-refractivity contribution in [1.29, 1.82) is 0 Å². The maximum atomic E-state index is 14.1. The monoisotopic (exact) mass is 498 g/mol. The summed E-state index contributed by atoms with van der Waals surface area (Å²) in [5.41, 5.74) is 1.43. The highest BCUT2D eigenvalue weighted by atomic mass is 79.9. The number of hydrogen-bond acceptors (Lipinski definition) is 4. The molecule has 0 aliphatic carbocycles. The van der Waals surface area contributed by atoms with E-state index in [-0.39, 0.29) is 12.4 Å². The quantitative estimate of drug-likeness (QED) is 0.448. The molecule has 0 bridgehead atoms. The van der Waals surface area contributed by atoms with Crippen molar-refractivity contribution in [3.05, 3.63) is 56.8 Å². The molecule has 7 heteroatoms. The highest BCUT2D eigenvalue weighted by molar-refractivity contribution is 9.10. The fourth-order valence-corrected chi connectivity index (χ4v) is 4.69. The second-order valence-corrected chi connectivity index (χ2v) is 8.64. The minimum Gasteiger partial charge on any atom is -0.490 e. The van der Waals surface area contributed by atoms with Gasteiger partial charge in [0.2, 0.25) is 0 Å². The topological polar surface area (TPSA) is 33.7 Å². The van der Waals surface area contributed by atoms with Crippen molar-refractivity contribution in [2.24, 2.45) is 0 Å². The number of nitrogens with zero attached hydrogens (tertiary/aromatic N) is 1. The van der Waals surface area contributed by atoms with Crippen LogP contribution in [0.4, 0.5) is 4.39 Å². The number of hydrogen-bond donors (Lipinski definition) is 1. The van der Waals surface area contributed by atoms with E-state index >= 15 is 0 Å². The molecule has 0 aromatic heterocycles. The zero-order valence-electron chi connectivity index (χ0n) is 17.5. The predicted molar refractivity (Wildman–Crippen MR) is 123 cm³/mol. The number of nitrogens with one attached hydrogen (secondary N) is 1. The fraction of sp³-hybridized carbons (Fsp3) is 0.478. The molecule has 1 aliphatic rings. The molecule has 1 heterocycles. The Morgan fingerprint density at radius 3 is 2.83 bits per heavy atom. The van der Waals surface area contributed by atoms with Gasteiger partial charge in [-0.05, 0) is 78.6 Å². The van der Waals surface area contributed by atoms with Crippen LogP contribution in [0.2, 0.25) is 5.02 Å². The Hall–Kier alpha value is -1.34. The minimum atomic E-state index is -0.384. The highest BCUT2D eigenvalue weighted by Crippen LogP contribution is 2.38. The molecule has 0 radical (unpaired) electrons. The summed E-state index contributed by atoms with van der Waals surface area (Å²) in [6.45, 7) is 8.69. The van der Waals surface area contributed by atoms with Gasteiger partial charge >= 0.3 is 0 Å². The van der Waals surface area contributed by atoms with Gasteiger partial charge in [-0.2, -0.15) is 0 Å². The molecule has 1 N–H and O–H groups in total. The lowest BCUT2D eigenvalue weighted by molar-refractivity contribution is 0.259. The van der Waals surface area contributed by atoms with E-state index in [1.165, 1.54) is 25.5 Å². The van der Waals surface area contributed by atoms with E-state index in [0.29, 0.717) is 34.7 Å². The third-order valence-corrected chi connectivity index (χ3v) is 6.35. The van der Waals surface area contributed by atoms with Crippen molar-refractivity contribution in [3.63, 3.8) is 0 Å². The van der Waals surface area contributed by atoms with Crippen LogP contribution >= 0.6 is 27.5 Å². The average molecular weight is 500 g/mol. The lowest BCUT2D eigenvalue weighted by Gasteiger charge is -2.23. The van der Waals surface area contributed by atoms with Crippen molar-refractivity contribution in [2.45, 2.75) is 45.9 Å². The maximum Gasteiger partial charge on any atom is 0.175 e. The first kappa shape index (κ1) is 23.3. The second kappa shape index (κ2) is 11.3. The first-order valence-corrected chi connectivity index (χ1v) is 11.7.